The Hall–Kier alpha value is -1.48. The Labute approximate surface area is 224 Å². The van der Waals surface area contributed by atoms with Gasteiger partial charge in [-0.2, -0.15) is 0 Å². The summed E-state index contributed by atoms with van der Waals surface area (Å²) >= 11 is 0. The van der Waals surface area contributed by atoms with Crippen molar-refractivity contribution in [3.05, 3.63) is 42.0 Å². The highest BCUT2D eigenvalue weighted by Crippen LogP contribution is 2.38. The first kappa shape index (κ1) is 30.1. The normalized spacial score (nSPS) is 23.4. The third kappa shape index (κ3) is 11.8. The molecule has 7 nitrogen and oxygen atoms in total. The van der Waals surface area contributed by atoms with Crippen LogP contribution in [0, 0.1) is 5.41 Å². The van der Waals surface area contributed by atoms with Gasteiger partial charge in [-0.05, 0) is 76.9 Å². The topological polar surface area (TPSA) is 83.4 Å². The molecule has 4 atom stereocenters. The van der Waals surface area contributed by atoms with Crippen LogP contribution < -0.4 is 10.1 Å². The van der Waals surface area contributed by atoms with Crippen molar-refractivity contribution < 1.29 is 24.4 Å². The van der Waals surface area contributed by atoms with E-state index in [1.54, 1.807) is 0 Å². The van der Waals surface area contributed by atoms with E-state index >= 15 is 0 Å². The van der Waals surface area contributed by atoms with Crippen molar-refractivity contribution in [1.29, 1.82) is 0 Å². The number of hydrogen-bond acceptors (Lipinski definition) is 7. The lowest BCUT2D eigenvalue weighted by atomic mass is 9.98. The molecule has 1 fully saturated rings. The molecule has 37 heavy (non-hydrogen) atoms. The van der Waals surface area contributed by atoms with Gasteiger partial charge in [0.15, 0.2) is 6.29 Å². The van der Waals surface area contributed by atoms with Crippen molar-refractivity contribution in [3.63, 3.8) is 0 Å². The number of allylic oxidation sites excluding steroid dienone is 2. The van der Waals surface area contributed by atoms with Crippen molar-refractivity contribution in [2.24, 2.45) is 5.41 Å². The van der Waals surface area contributed by atoms with E-state index in [4.69, 9.17) is 14.2 Å². The monoisotopic (exact) mass is 518 g/mol. The van der Waals surface area contributed by atoms with Gasteiger partial charge in [0.05, 0.1) is 18.8 Å². The van der Waals surface area contributed by atoms with Crippen LogP contribution in [0.1, 0.15) is 64.4 Å². The summed E-state index contributed by atoms with van der Waals surface area (Å²) in [5.74, 6) is 0.886. The molecule has 0 bridgehead atoms. The number of nitrogens with zero attached hydrogens (tertiary/aromatic N) is 1. The van der Waals surface area contributed by atoms with Crippen LogP contribution >= 0.6 is 0 Å². The number of nitrogens with one attached hydrogen (secondary N) is 1. The molecule has 1 aliphatic heterocycles. The molecule has 3 rings (SSSR count). The van der Waals surface area contributed by atoms with Gasteiger partial charge in [-0.25, -0.2) is 0 Å². The van der Waals surface area contributed by atoms with Crippen LogP contribution in [-0.2, 0) is 15.9 Å². The third-order valence-electron chi connectivity index (χ3n) is 7.44. The molecule has 2 aliphatic rings. The van der Waals surface area contributed by atoms with E-state index in [1.165, 1.54) is 37.7 Å². The molecule has 1 saturated heterocycles. The third-order valence-corrected chi connectivity index (χ3v) is 7.44. The zero-order valence-corrected chi connectivity index (χ0v) is 23.2. The molecule has 0 radical (unpaired) electrons. The molecule has 1 heterocycles. The van der Waals surface area contributed by atoms with Crippen LogP contribution in [0.25, 0.3) is 0 Å². The number of aliphatic hydroxyl groups excluding tert-OH is 2. The Morgan fingerprint density at radius 2 is 1.89 bits per heavy atom. The summed E-state index contributed by atoms with van der Waals surface area (Å²) in [6, 6.07) is 8.44. The first-order valence-corrected chi connectivity index (χ1v) is 14.3. The summed E-state index contributed by atoms with van der Waals surface area (Å²) in [7, 11) is 1.99. The fraction of sp³-hybridized carbons (Fsp3) is 0.733. The van der Waals surface area contributed by atoms with Crippen LogP contribution in [0.2, 0.25) is 0 Å². The molecule has 210 valence electrons. The van der Waals surface area contributed by atoms with Crippen molar-refractivity contribution in [1.82, 2.24) is 10.2 Å². The molecule has 0 aromatic heterocycles. The summed E-state index contributed by atoms with van der Waals surface area (Å²) in [5.41, 5.74) is 1.71. The molecule has 0 saturated carbocycles. The van der Waals surface area contributed by atoms with Crippen LogP contribution in [-0.4, -0.2) is 86.2 Å². The molecule has 7 heteroatoms. The van der Waals surface area contributed by atoms with Crippen LogP contribution in [0.5, 0.6) is 5.75 Å². The molecule has 1 aromatic rings. The molecule has 3 N–H and O–H groups in total. The number of aliphatic hydroxyl groups is 2. The summed E-state index contributed by atoms with van der Waals surface area (Å²) in [6.45, 7) is 8.20. The van der Waals surface area contributed by atoms with Gasteiger partial charge < -0.3 is 29.7 Å². The molecule has 1 unspecified atom stereocenters. The van der Waals surface area contributed by atoms with Crippen molar-refractivity contribution >= 4 is 0 Å². The Morgan fingerprint density at radius 3 is 2.62 bits per heavy atom. The van der Waals surface area contributed by atoms with Gasteiger partial charge in [-0.15, -0.1) is 0 Å². The summed E-state index contributed by atoms with van der Waals surface area (Å²) < 4.78 is 17.1. The van der Waals surface area contributed by atoms with E-state index < -0.39 is 18.3 Å². The SMILES string of the molecule is CNCCCCc1ccc(OCCN(CCCCCC2(C)C=C2)C[C@H](O)C[C@@H]2OC(C)OC[C@H]2O)cc1. The Balaban J connectivity index is 1.42. The largest absolute Gasteiger partial charge is 0.492 e. The number of ether oxygens (including phenoxy) is 3. The van der Waals surface area contributed by atoms with Crippen LogP contribution in [0.3, 0.4) is 0 Å². The Kier molecular flexibility index (Phi) is 12.9. The number of unbranched alkanes of at least 4 members (excludes halogenated alkanes) is 3. The van der Waals surface area contributed by atoms with Crippen molar-refractivity contribution in [2.45, 2.75) is 89.8 Å². The van der Waals surface area contributed by atoms with Crippen molar-refractivity contribution in [2.75, 3.05) is 46.4 Å². The molecule has 0 spiro atoms. The van der Waals surface area contributed by atoms with Gasteiger partial charge in [0.2, 0.25) is 0 Å². The maximum absolute atomic E-state index is 10.8. The van der Waals surface area contributed by atoms with E-state index in [0.717, 1.165) is 38.2 Å². The predicted octanol–water partition coefficient (Wildman–Crippen LogP) is 3.92. The lowest BCUT2D eigenvalue weighted by Crippen LogP contribution is -2.46. The first-order chi connectivity index (χ1) is 17.9. The van der Waals surface area contributed by atoms with E-state index in [1.807, 2.05) is 14.0 Å². The maximum Gasteiger partial charge on any atom is 0.155 e. The Bertz CT molecular complexity index is 781. The molecule has 1 aliphatic carbocycles. The summed E-state index contributed by atoms with van der Waals surface area (Å²) in [6.07, 6.45) is 11.1. The summed E-state index contributed by atoms with van der Waals surface area (Å²) in [4.78, 5) is 2.28. The fourth-order valence-electron chi connectivity index (χ4n) is 4.87. The van der Waals surface area contributed by atoms with Gasteiger partial charge in [0, 0.05) is 24.9 Å². The smallest absolute Gasteiger partial charge is 0.155 e. The minimum atomic E-state index is -0.702. The van der Waals surface area contributed by atoms with Crippen LogP contribution in [0.4, 0.5) is 0 Å². The average Bonchev–Trinajstić information content (AvgIpc) is 3.61. The minimum Gasteiger partial charge on any atom is -0.492 e. The number of hydrogen-bond donors (Lipinski definition) is 3. The van der Waals surface area contributed by atoms with Gasteiger partial charge in [-0.3, -0.25) is 4.90 Å². The molecular weight excluding hydrogens is 468 g/mol. The van der Waals surface area contributed by atoms with E-state index in [0.29, 0.717) is 25.0 Å². The van der Waals surface area contributed by atoms with Crippen molar-refractivity contribution in [3.8, 4) is 5.75 Å². The lowest BCUT2D eigenvalue weighted by molar-refractivity contribution is -0.249. The average molecular weight is 519 g/mol. The lowest BCUT2D eigenvalue weighted by Gasteiger charge is -2.34. The second kappa shape index (κ2) is 15.8. The quantitative estimate of drug-likeness (QED) is 0.189. The maximum atomic E-state index is 10.8. The number of benzene rings is 1. The van der Waals surface area contributed by atoms with Gasteiger partial charge in [-0.1, -0.05) is 44.1 Å². The zero-order chi connectivity index (χ0) is 26.5. The van der Waals surface area contributed by atoms with E-state index in [9.17, 15) is 10.2 Å². The summed E-state index contributed by atoms with van der Waals surface area (Å²) in [5, 5.41) is 24.2. The molecule has 0 amide bonds. The predicted molar refractivity (Wildman–Crippen MR) is 148 cm³/mol. The first-order valence-electron chi connectivity index (χ1n) is 14.3. The number of aryl methyl sites for hydroxylation is 1. The minimum absolute atomic E-state index is 0.249. The van der Waals surface area contributed by atoms with Crippen LogP contribution in [0.15, 0.2) is 36.4 Å². The highest BCUT2D eigenvalue weighted by atomic mass is 16.7. The van der Waals surface area contributed by atoms with E-state index in [-0.39, 0.29) is 12.9 Å². The standard InChI is InChI=1S/C30H50N2O5/c1-24-36-23-28(34)29(37-24)21-26(33)22-32(18-8-4-6-14-30(2)15-16-30)19-20-35-27-12-10-25(11-13-27)9-5-7-17-31-3/h10-13,15-16,24,26,28-29,31,33-34H,4-9,14,17-23H2,1-3H3/t24?,26-,28-,29+/m1/s1. The van der Waals surface area contributed by atoms with Gasteiger partial charge in [0.25, 0.3) is 0 Å². The number of rotatable bonds is 19. The molecule has 1 aromatic carbocycles. The van der Waals surface area contributed by atoms with E-state index in [2.05, 4.69) is 53.6 Å². The zero-order valence-electron chi connectivity index (χ0n) is 23.2. The highest BCUT2D eigenvalue weighted by Gasteiger charge is 2.31. The Morgan fingerprint density at radius 1 is 1.11 bits per heavy atom. The van der Waals surface area contributed by atoms with Gasteiger partial charge in [0.1, 0.15) is 18.5 Å². The fourth-order valence-corrected chi connectivity index (χ4v) is 4.87. The second-order valence-corrected chi connectivity index (χ2v) is 11.0. The van der Waals surface area contributed by atoms with Gasteiger partial charge >= 0.3 is 0 Å². The second-order valence-electron chi connectivity index (χ2n) is 11.0. The highest BCUT2D eigenvalue weighted by molar-refractivity contribution is 5.27. The molecular formula is C30H50N2O5.